The van der Waals surface area contributed by atoms with Crippen LogP contribution in [0.2, 0.25) is 0 Å². The largest absolute Gasteiger partial charge is 0.496 e. The molecule has 1 heterocycles. The summed E-state index contributed by atoms with van der Waals surface area (Å²) in [6, 6.07) is 3.51. The van der Waals surface area contributed by atoms with Crippen molar-refractivity contribution in [3.8, 4) is 17.2 Å². The number of oxazole rings is 1. The Morgan fingerprint density at radius 1 is 1.39 bits per heavy atom. The maximum absolute atomic E-state index is 12.4. The number of aryl methyl sites for hydroxylation is 1. The topological polar surface area (TPSA) is 35.3 Å². The number of methoxy groups -OCH3 is 1. The molecule has 0 unspecified atom stereocenters. The van der Waals surface area contributed by atoms with Gasteiger partial charge in [-0.2, -0.15) is 0 Å². The van der Waals surface area contributed by atoms with Crippen molar-refractivity contribution in [2.24, 2.45) is 0 Å². The van der Waals surface area contributed by atoms with Gasteiger partial charge in [-0.15, -0.1) is 0 Å². The number of aromatic nitrogens is 1. The van der Waals surface area contributed by atoms with Crippen LogP contribution in [0.3, 0.4) is 0 Å². The molecular weight excluding hydrogens is 308 g/mol. The Morgan fingerprint density at radius 3 is 2.67 bits per heavy atom. The minimum absolute atomic E-state index is 0.161. The Kier molecular flexibility index (Phi) is 3.65. The summed E-state index contributed by atoms with van der Waals surface area (Å²) in [5, 5.41) is 0. The molecular formula is C12H10BrF2NO2. The molecule has 2 aromatic rings. The maximum Gasteiger partial charge on any atom is 0.297 e. The van der Waals surface area contributed by atoms with Crippen LogP contribution < -0.4 is 4.74 Å². The predicted molar refractivity (Wildman–Crippen MR) is 65.9 cm³/mol. The Labute approximate surface area is 111 Å². The number of alkyl halides is 2. The Bertz CT molecular complexity index is 569. The molecule has 0 saturated heterocycles. The molecule has 2 rings (SSSR count). The van der Waals surface area contributed by atoms with Gasteiger partial charge in [0, 0.05) is 5.56 Å². The van der Waals surface area contributed by atoms with Crippen LogP contribution in [0.15, 0.2) is 27.2 Å². The zero-order chi connectivity index (χ0) is 13.3. The lowest BCUT2D eigenvalue weighted by Gasteiger charge is -2.07. The molecule has 0 saturated carbocycles. The summed E-state index contributed by atoms with van der Waals surface area (Å²) < 4.78 is 35.8. The van der Waals surface area contributed by atoms with E-state index in [0.29, 0.717) is 11.3 Å². The molecule has 0 aliphatic rings. The smallest absolute Gasteiger partial charge is 0.297 e. The lowest BCUT2D eigenvalue weighted by Crippen LogP contribution is -1.89. The van der Waals surface area contributed by atoms with E-state index >= 15 is 0 Å². The molecule has 0 atom stereocenters. The fourth-order valence-electron chi connectivity index (χ4n) is 1.55. The maximum atomic E-state index is 12.4. The number of halogens is 3. The molecule has 1 aromatic heterocycles. The van der Waals surface area contributed by atoms with E-state index in [2.05, 4.69) is 20.9 Å². The average molecular weight is 318 g/mol. The quantitative estimate of drug-likeness (QED) is 0.843. The number of rotatable bonds is 3. The molecule has 0 N–H and O–H groups in total. The van der Waals surface area contributed by atoms with Crippen LogP contribution in [0, 0.1) is 6.92 Å². The van der Waals surface area contributed by atoms with Crippen molar-refractivity contribution in [3.05, 3.63) is 34.1 Å². The molecule has 0 spiro atoms. The van der Waals surface area contributed by atoms with Gasteiger partial charge in [0.25, 0.3) is 6.43 Å². The summed E-state index contributed by atoms with van der Waals surface area (Å²) in [7, 11) is 1.53. The molecule has 0 aliphatic heterocycles. The van der Waals surface area contributed by atoms with Gasteiger partial charge in [0.15, 0.2) is 5.76 Å². The summed E-state index contributed by atoms with van der Waals surface area (Å²) in [5.74, 6) is 0.312. The van der Waals surface area contributed by atoms with Crippen molar-refractivity contribution in [2.45, 2.75) is 13.3 Å². The van der Waals surface area contributed by atoms with Crippen LogP contribution in [0.1, 0.15) is 17.7 Å². The van der Waals surface area contributed by atoms with Gasteiger partial charge in [-0.25, -0.2) is 13.8 Å². The van der Waals surface area contributed by atoms with E-state index in [1.54, 1.807) is 6.07 Å². The number of ether oxygens (including phenoxy) is 1. The second kappa shape index (κ2) is 5.06. The minimum Gasteiger partial charge on any atom is -0.496 e. The normalized spacial score (nSPS) is 11.0. The highest BCUT2D eigenvalue weighted by atomic mass is 79.9. The van der Waals surface area contributed by atoms with Gasteiger partial charge < -0.3 is 9.15 Å². The van der Waals surface area contributed by atoms with E-state index in [-0.39, 0.29) is 5.89 Å². The highest BCUT2D eigenvalue weighted by molar-refractivity contribution is 9.10. The van der Waals surface area contributed by atoms with Crippen LogP contribution in [0.5, 0.6) is 5.75 Å². The summed E-state index contributed by atoms with van der Waals surface area (Å²) in [6.07, 6.45) is -1.63. The van der Waals surface area contributed by atoms with Crippen molar-refractivity contribution < 1.29 is 17.9 Å². The first-order valence-electron chi connectivity index (χ1n) is 5.11. The van der Waals surface area contributed by atoms with E-state index < -0.39 is 12.2 Å². The van der Waals surface area contributed by atoms with Crippen LogP contribution >= 0.6 is 15.9 Å². The predicted octanol–water partition coefficient (Wildman–Crippen LogP) is 4.36. The van der Waals surface area contributed by atoms with Gasteiger partial charge in [0.1, 0.15) is 5.75 Å². The van der Waals surface area contributed by atoms with Crippen molar-refractivity contribution in [1.82, 2.24) is 4.98 Å². The second-order valence-electron chi connectivity index (χ2n) is 3.67. The van der Waals surface area contributed by atoms with E-state index in [9.17, 15) is 8.78 Å². The monoisotopic (exact) mass is 317 g/mol. The molecule has 3 nitrogen and oxygen atoms in total. The lowest BCUT2D eigenvalue weighted by atomic mass is 10.1. The Balaban J connectivity index is 2.49. The summed E-state index contributed by atoms with van der Waals surface area (Å²) in [5.41, 5.74) is 1.48. The van der Waals surface area contributed by atoms with Gasteiger partial charge in [0.2, 0.25) is 5.89 Å². The molecule has 0 aliphatic carbocycles. The average Bonchev–Trinajstić information content (AvgIpc) is 2.78. The first-order chi connectivity index (χ1) is 8.52. The number of hydrogen-bond donors (Lipinski definition) is 0. The molecule has 6 heteroatoms. The Morgan fingerprint density at radius 2 is 2.11 bits per heavy atom. The molecule has 96 valence electrons. The molecule has 0 fully saturated rings. The van der Waals surface area contributed by atoms with E-state index in [4.69, 9.17) is 9.15 Å². The molecule has 0 amide bonds. The van der Waals surface area contributed by atoms with Gasteiger partial charge in [-0.05, 0) is 40.5 Å². The minimum atomic E-state index is -2.66. The van der Waals surface area contributed by atoms with Gasteiger partial charge in [-0.3, -0.25) is 0 Å². The third-order valence-corrected chi connectivity index (χ3v) is 3.09. The second-order valence-corrected chi connectivity index (χ2v) is 4.52. The Hall–Kier alpha value is -1.43. The van der Waals surface area contributed by atoms with Crippen LogP contribution in [0.4, 0.5) is 8.78 Å². The van der Waals surface area contributed by atoms with Crippen LogP contribution in [-0.2, 0) is 0 Å². The van der Waals surface area contributed by atoms with Crippen molar-refractivity contribution >= 4 is 15.9 Å². The first kappa shape index (κ1) is 13.0. The lowest BCUT2D eigenvalue weighted by molar-refractivity contribution is 0.123. The first-order valence-corrected chi connectivity index (χ1v) is 5.90. The fraction of sp³-hybridized carbons (Fsp3) is 0.250. The van der Waals surface area contributed by atoms with Crippen molar-refractivity contribution in [3.63, 3.8) is 0 Å². The summed E-state index contributed by atoms with van der Waals surface area (Å²) >= 11 is 3.35. The molecule has 0 bridgehead atoms. The van der Waals surface area contributed by atoms with Gasteiger partial charge >= 0.3 is 0 Å². The zero-order valence-corrected chi connectivity index (χ0v) is 11.3. The number of nitrogens with zero attached hydrogens (tertiary/aromatic N) is 1. The van der Waals surface area contributed by atoms with Gasteiger partial charge in [0.05, 0.1) is 17.8 Å². The number of hydrogen-bond acceptors (Lipinski definition) is 3. The fourth-order valence-corrected chi connectivity index (χ4v) is 2.17. The third-order valence-electron chi connectivity index (χ3n) is 2.47. The van der Waals surface area contributed by atoms with Crippen LogP contribution in [0.25, 0.3) is 11.5 Å². The van der Waals surface area contributed by atoms with Crippen molar-refractivity contribution in [1.29, 1.82) is 0 Å². The van der Waals surface area contributed by atoms with E-state index in [1.807, 2.05) is 13.0 Å². The summed E-state index contributed by atoms with van der Waals surface area (Å²) in [6.45, 7) is 1.84. The zero-order valence-electron chi connectivity index (χ0n) is 9.71. The number of benzene rings is 1. The molecule has 1 aromatic carbocycles. The van der Waals surface area contributed by atoms with E-state index in [1.165, 1.54) is 7.11 Å². The molecule has 18 heavy (non-hydrogen) atoms. The molecule has 0 radical (unpaired) electrons. The SMILES string of the molecule is COc1cc(-c2ncc(C(F)F)o2)c(C)cc1Br. The highest BCUT2D eigenvalue weighted by Gasteiger charge is 2.17. The van der Waals surface area contributed by atoms with Crippen LogP contribution in [-0.4, -0.2) is 12.1 Å². The van der Waals surface area contributed by atoms with E-state index in [0.717, 1.165) is 16.2 Å². The van der Waals surface area contributed by atoms with Crippen molar-refractivity contribution in [2.75, 3.05) is 7.11 Å². The third kappa shape index (κ3) is 2.38. The van der Waals surface area contributed by atoms with Gasteiger partial charge in [-0.1, -0.05) is 0 Å². The summed E-state index contributed by atoms with van der Waals surface area (Å²) in [4.78, 5) is 3.86. The highest BCUT2D eigenvalue weighted by Crippen LogP contribution is 2.34. The standard InChI is InChI=1S/C12H10BrF2NO2/c1-6-3-8(13)9(17-2)4-7(6)12-16-5-10(18-12)11(14)15/h3-5,11H,1-2H3.